The molecule has 300 valence electrons. The molecule has 8 nitrogen and oxygen atoms in total. The molecule has 8 heterocycles. The Bertz CT molecular complexity index is 3810. The Morgan fingerprint density at radius 2 is 0.719 bits per heavy atom. The number of nitrogens with zero attached hydrogens (tertiary/aromatic N) is 7. The summed E-state index contributed by atoms with van der Waals surface area (Å²) >= 11 is 0. The van der Waals surface area contributed by atoms with Crippen molar-refractivity contribution in [3.8, 4) is 33.9 Å². The van der Waals surface area contributed by atoms with E-state index in [4.69, 9.17) is 0 Å². The van der Waals surface area contributed by atoms with Crippen molar-refractivity contribution in [2.45, 2.75) is 6.54 Å². The highest BCUT2D eigenvalue weighted by Crippen LogP contribution is 2.41. The lowest BCUT2D eigenvalue weighted by Crippen LogP contribution is -2.11. The minimum Gasteiger partial charge on any atom is -0.387 e. The van der Waals surface area contributed by atoms with Crippen LogP contribution in [0.3, 0.4) is 0 Å². The van der Waals surface area contributed by atoms with Crippen molar-refractivity contribution in [3.05, 3.63) is 206 Å². The smallest absolute Gasteiger partial charge is 0.0571 e. The Labute approximate surface area is 366 Å². The number of rotatable bonds is 5. The van der Waals surface area contributed by atoms with Gasteiger partial charge >= 0.3 is 0 Å². The summed E-state index contributed by atoms with van der Waals surface area (Å²) in [5.74, 6) is 0. The molecule has 1 aliphatic heterocycles. The van der Waals surface area contributed by atoms with Crippen molar-refractivity contribution in [3.63, 3.8) is 0 Å². The van der Waals surface area contributed by atoms with Crippen LogP contribution in [0.15, 0.2) is 195 Å². The van der Waals surface area contributed by atoms with Crippen LogP contribution in [0.5, 0.6) is 0 Å². The fraction of sp³-hybridized carbons (Fsp3) is 0.0179. The van der Waals surface area contributed by atoms with E-state index in [1.165, 1.54) is 27.5 Å². The first-order valence-electron chi connectivity index (χ1n) is 21.6. The van der Waals surface area contributed by atoms with Gasteiger partial charge in [0.1, 0.15) is 0 Å². The number of pyridine rings is 3. The first-order chi connectivity index (χ1) is 31.8. The molecule has 0 saturated carbocycles. The minimum absolute atomic E-state index is 0.764. The zero-order chi connectivity index (χ0) is 41.9. The molecule has 0 spiro atoms. The lowest BCUT2D eigenvalue weighted by molar-refractivity contribution is 0.855. The van der Waals surface area contributed by atoms with Crippen LogP contribution in [-0.2, 0) is 6.54 Å². The molecule has 0 atom stereocenters. The molecule has 1 aliphatic rings. The predicted octanol–water partition coefficient (Wildman–Crippen LogP) is 12.8. The van der Waals surface area contributed by atoms with Crippen LogP contribution >= 0.6 is 0 Å². The molecule has 0 amide bonds. The van der Waals surface area contributed by atoms with Crippen molar-refractivity contribution in [2.75, 3.05) is 0 Å². The van der Waals surface area contributed by atoms with E-state index in [9.17, 15) is 0 Å². The summed E-state index contributed by atoms with van der Waals surface area (Å²) in [6.07, 6.45) is 15.9. The van der Waals surface area contributed by atoms with Gasteiger partial charge in [0, 0.05) is 110 Å². The maximum absolute atomic E-state index is 4.59. The third-order valence-corrected chi connectivity index (χ3v) is 13.3. The maximum Gasteiger partial charge on any atom is 0.0571 e. The molecule has 0 unspecified atom stereocenters. The first-order valence-corrected chi connectivity index (χ1v) is 21.6. The Hall–Kier alpha value is -8.75. The van der Waals surface area contributed by atoms with Gasteiger partial charge < -0.3 is 23.6 Å². The molecule has 8 heteroatoms. The van der Waals surface area contributed by atoms with E-state index in [0.717, 1.165) is 100 Å². The van der Waals surface area contributed by atoms with Gasteiger partial charge in [-0.05, 0) is 102 Å². The van der Waals surface area contributed by atoms with Crippen molar-refractivity contribution in [1.29, 1.82) is 0 Å². The summed E-state index contributed by atoms with van der Waals surface area (Å²) in [5, 5.41) is 11.6. The maximum atomic E-state index is 4.59. The van der Waals surface area contributed by atoms with E-state index in [0.29, 0.717) is 0 Å². The zero-order valence-corrected chi connectivity index (χ0v) is 34.4. The number of hydrogen-bond donors (Lipinski definition) is 1. The average Bonchev–Trinajstić information content (AvgIpc) is 4.09. The highest BCUT2D eigenvalue weighted by Gasteiger charge is 2.23. The Balaban J connectivity index is 1.12. The summed E-state index contributed by atoms with van der Waals surface area (Å²) in [5.41, 5.74) is 16.7. The molecule has 0 fully saturated rings. The van der Waals surface area contributed by atoms with Gasteiger partial charge in [-0.1, -0.05) is 72.8 Å². The van der Waals surface area contributed by atoms with Gasteiger partial charge in [-0.3, -0.25) is 15.0 Å². The number of aromatic nitrogens is 7. The van der Waals surface area contributed by atoms with E-state index in [2.05, 4.69) is 202 Å². The zero-order valence-electron chi connectivity index (χ0n) is 34.4. The molecule has 0 aliphatic carbocycles. The number of fused-ring (bicyclic) bond motifs is 12. The van der Waals surface area contributed by atoms with Gasteiger partial charge in [0.15, 0.2) is 0 Å². The SMILES string of the molecule is C1=Cc2c(c3ccccc3n2-c2cc(-c3cc(-n4c5ccccc5c5cnccc54)cc(-n4c5ccccc5c5cnccc54)c3)cc(-n3c4ccccc4c4cnccc43)c2)CN1. The Morgan fingerprint density at radius 3 is 1.16 bits per heavy atom. The van der Waals surface area contributed by atoms with E-state index in [1.54, 1.807) is 0 Å². The van der Waals surface area contributed by atoms with Crippen molar-refractivity contribution < 1.29 is 0 Å². The second kappa shape index (κ2) is 13.4. The van der Waals surface area contributed by atoms with Gasteiger partial charge in [0.2, 0.25) is 0 Å². The van der Waals surface area contributed by atoms with Gasteiger partial charge in [-0.25, -0.2) is 0 Å². The van der Waals surface area contributed by atoms with Gasteiger partial charge in [0.05, 0.1) is 44.3 Å². The van der Waals surface area contributed by atoms with Crippen LogP contribution in [0.25, 0.3) is 116 Å². The van der Waals surface area contributed by atoms with Crippen LogP contribution in [0, 0.1) is 0 Å². The fourth-order valence-electron chi connectivity index (χ4n) is 10.6. The van der Waals surface area contributed by atoms with Crippen LogP contribution in [-0.4, -0.2) is 33.2 Å². The highest BCUT2D eigenvalue weighted by atomic mass is 15.0. The van der Waals surface area contributed by atoms with Crippen LogP contribution < -0.4 is 5.32 Å². The summed E-state index contributed by atoms with van der Waals surface area (Å²) < 4.78 is 9.63. The molecule has 13 aromatic rings. The van der Waals surface area contributed by atoms with E-state index in [1.807, 2.05) is 37.2 Å². The minimum atomic E-state index is 0.764. The van der Waals surface area contributed by atoms with Gasteiger partial charge in [0.25, 0.3) is 0 Å². The second-order valence-electron chi connectivity index (χ2n) is 16.6. The Kier molecular flexibility index (Phi) is 7.29. The molecule has 64 heavy (non-hydrogen) atoms. The lowest BCUT2D eigenvalue weighted by atomic mass is 10.0. The number of hydrogen-bond acceptors (Lipinski definition) is 4. The molecule has 14 rings (SSSR count). The molecular weight excluding hydrogens is 785 g/mol. The number of benzene rings is 6. The first kappa shape index (κ1) is 34.9. The predicted molar refractivity (Wildman–Crippen MR) is 261 cm³/mol. The fourth-order valence-corrected chi connectivity index (χ4v) is 10.6. The summed E-state index contributed by atoms with van der Waals surface area (Å²) in [6, 6.07) is 55.3. The van der Waals surface area contributed by atoms with Gasteiger partial charge in [-0.2, -0.15) is 0 Å². The third-order valence-electron chi connectivity index (χ3n) is 13.3. The topological polar surface area (TPSA) is 70.4 Å². The monoisotopic (exact) mass is 820 g/mol. The molecule has 6 aromatic carbocycles. The molecule has 1 N–H and O–H groups in total. The van der Waals surface area contributed by atoms with Crippen molar-refractivity contribution in [2.24, 2.45) is 0 Å². The van der Waals surface area contributed by atoms with Crippen molar-refractivity contribution >= 4 is 82.4 Å². The van der Waals surface area contributed by atoms with Crippen LogP contribution in [0.4, 0.5) is 0 Å². The van der Waals surface area contributed by atoms with Gasteiger partial charge in [-0.15, -0.1) is 0 Å². The molecule has 7 aromatic heterocycles. The lowest BCUT2D eigenvalue weighted by Gasteiger charge is -2.19. The summed E-state index contributed by atoms with van der Waals surface area (Å²) in [7, 11) is 0. The standard InChI is InChI=1S/C56H36N8/c1-5-13-49-41(9-1)45-31-57-21-17-53(45)61(49)37-25-35(26-38(29-37)62-50-14-6-2-10-42(50)46-32-58-22-18-54(46)62)36-27-39(63-51-15-7-3-11-43(51)47-33-59-23-19-55(47)63)30-40(28-36)64-52-16-8-4-12-44(52)48-34-60-24-20-56(48)64/h1-33,60H,34H2. The van der Waals surface area contributed by atoms with E-state index in [-0.39, 0.29) is 0 Å². The molecule has 0 saturated heterocycles. The largest absolute Gasteiger partial charge is 0.387 e. The molecule has 0 radical (unpaired) electrons. The third kappa shape index (κ3) is 4.96. The molecular formula is C56H36N8. The van der Waals surface area contributed by atoms with Crippen molar-refractivity contribution in [1.82, 2.24) is 38.5 Å². The highest BCUT2D eigenvalue weighted by molar-refractivity contribution is 6.11. The van der Waals surface area contributed by atoms with Crippen LogP contribution in [0.2, 0.25) is 0 Å². The second-order valence-corrected chi connectivity index (χ2v) is 16.6. The number of para-hydroxylation sites is 4. The Morgan fingerprint density at radius 1 is 0.359 bits per heavy atom. The normalized spacial score (nSPS) is 12.7. The molecule has 0 bridgehead atoms. The summed E-state index contributed by atoms with van der Waals surface area (Å²) in [6.45, 7) is 0.764. The quantitative estimate of drug-likeness (QED) is 0.188. The van der Waals surface area contributed by atoms with E-state index >= 15 is 0 Å². The van der Waals surface area contributed by atoms with Crippen LogP contribution in [0.1, 0.15) is 11.3 Å². The number of nitrogens with one attached hydrogen (secondary N) is 1. The van der Waals surface area contributed by atoms with E-state index < -0.39 is 0 Å². The average molecular weight is 821 g/mol. The summed E-state index contributed by atoms with van der Waals surface area (Å²) in [4.78, 5) is 13.8.